The van der Waals surface area contributed by atoms with Gasteiger partial charge in [-0.05, 0) is 25.1 Å². The Kier molecular flexibility index (Phi) is 4.02. The molecule has 3 N–H and O–H groups in total. The zero-order valence-electron chi connectivity index (χ0n) is 11.7. The van der Waals surface area contributed by atoms with Crippen molar-refractivity contribution in [2.24, 2.45) is 7.05 Å². The Morgan fingerprint density at radius 2 is 2.10 bits per heavy atom. The Hall–Kier alpha value is -1.93. The summed E-state index contributed by atoms with van der Waals surface area (Å²) in [5.41, 5.74) is 6.41. The van der Waals surface area contributed by atoms with Crippen LogP contribution in [0.15, 0.2) is 23.1 Å². The molecule has 0 saturated carbocycles. The Labute approximate surface area is 127 Å². The van der Waals surface area contributed by atoms with Crippen molar-refractivity contribution in [1.29, 1.82) is 0 Å². The molecule has 9 heteroatoms. The summed E-state index contributed by atoms with van der Waals surface area (Å²) in [5, 5.41) is 4.19. The molecule has 2 rings (SSSR count). The molecule has 0 aliphatic heterocycles. The molecule has 7 nitrogen and oxygen atoms in total. The number of benzene rings is 1. The molecule has 114 valence electrons. The van der Waals surface area contributed by atoms with Crippen molar-refractivity contribution in [3.8, 4) is 5.75 Å². The second-order valence-electron chi connectivity index (χ2n) is 4.38. The minimum atomic E-state index is -3.85. The predicted molar refractivity (Wildman–Crippen MR) is 81.2 cm³/mol. The average Bonchev–Trinajstić information content (AvgIpc) is 2.63. The maximum atomic E-state index is 12.4. The van der Waals surface area contributed by atoms with Crippen molar-refractivity contribution >= 4 is 33.1 Å². The van der Waals surface area contributed by atoms with Gasteiger partial charge in [-0.15, -0.1) is 0 Å². The molecule has 1 aromatic heterocycles. The van der Waals surface area contributed by atoms with E-state index < -0.39 is 10.0 Å². The number of aryl methyl sites for hydroxylation is 1. The first-order valence-corrected chi connectivity index (χ1v) is 7.78. The summed E-state index contributed by atoms with van der Waals surface area (Å²) in [5.74, 6) is 0.402. The Balaban J connectivity index is 2.40. The number of hydrogen-bond donors (Lipinski definition) is 2. The average molecular weight is 331 g/mol. The van der Waals surface area contributed by atoms with Gasteiger partial charge < -0.3 is 10.5 Å². The molecule has 0 aliphatic rings. The van der Waals surface area contributed by atoms with E-state index in [9.17, 15) is 8.42 Å². The Morgan fingerprint density at radius 3 is 2.57 bits per heavy atom. The van der Waals surface area contributed by atoms with Crippen molar-refractivity contribution in [2.75, 3.05) is 17.6 Å². The number of rotatable bonds is 4. The molecular weight excluding hydrogens is 316 g/mol. The lowest BCUT2D eigenvalue weighted by molar-refractivity contribution is 0.415. The number of ether oxygens (including phenoxy) is 1. The molecule has 0 atom stereocenters. The van der Waals surface area contributed by atoms with Crippen LogP contribution in [0.3, 0.4) is 0 Å². The van der Waals surface area contributed by atoms with Crippen molar-refractivity contribution in [3.05, 3.63) is 28.9 Å². The number of nitrogen functional groups attached to an aromatic ring is 1. The smallest absolute Gasteiger partial charge is 0.267 e. The highest BCUT2D eigenvalue weighted by Gasteiger charge is 2.24. The monoisotopic (exact) mass is 330 g/mol. The first-order valence-electron chi connectivity index (χ1n) is 5.91. The van der Waals surface area contributed by atoms with Crippen molar-refractivity contribution in [2.45, 2.75) is 11.8 Å². The van der Waals surface area contributed by atoms with E-state index in [2.05, 4.69) is 9.82 Å². The number of methoxy groups -OCH3 is 1. The summed E-state index contributed by atoms with van der Waals surface area (Å²) in [6.07, 6.45) is 0. The van der Waals surface area contributed by atoms with E-state index in [-0.39, 0.29) is 10.7 Å². The van der Waals surface area contributed by atoms with E-state index in [0.29, 0.717) is 22.2 Å². The van der Waals surface area contributed by atoms with Crippen LogP contribution < -0.4 is 15.2 Å². The van der Waals surface area contributed by atoms with Gasteiger partial charge in [0.25, 0.3) is 10.0 Å². The molecule has 0 saturated heterocycles. The lowest BCUT2D eigenvalue weighted by Crippen LogP contribution is -2.15. The van der Waals surface area contributed by atoms with Gasteiger partial charge in [0.2, 0.25) is 0 Å². The molecule has 2 aromatic rings. The third-order valence-corrected chi connectivity index (χ3v) is 4.82. The van der Waals surface area contributed by atoms with Crippen LogP contribution in [0.4, 0.5) is 11.5 Å². The molecule has 0 bridgehead atoms. The number of hydrogen-bond acceptors (Lipinski definition) is 5. The van der Waals surface area contributed by atoms with Crippen LogP contribution in [-0.4, -0.2) is 25.3 Å². The van der Waals surface area contributed by atoms with Gasteiger partial charge in [0.1, 0.15) is 5.75 Å². The van der Waals surface area contributed by atoms with Crippen LogP contribution in [0.25, 0.3) is 0 Å². The van der Waals surface area contributed by atoms with Crippen molar-refractivity contribution in [3.63, 3.8) is 0 Å². The van der Waals surface area contributed by atoms with Crippen LogP contribution in [0.1, 0.15) is 5.69 Å². The lowest BCUT2D eigenvalue weighted by Gasteiger charge is -2.10. The van der Waals surface area contributed by atoms with Crippen LogP contribution >= 0.6 is 11.6 Å². The van der Waals surface area contributed by atoms with Gasteiger partial charge in [-0.3, -0.25) is 9.40 Å². The fourth-order valence-electron chi connectivity index (χ4n) is 1.88. The number of nitrogens with zero attached hydrogens (tertiary/aromatic N) is 2. The molecule has 1 heterocycles. The van der Waals surface area contributed by atoms with E-state index in [0.717, 1.165) is 0 Å². The second kappa shape index (κ2) is 5.45. The Bertz CT molecular complexity index is 786. The maximum absolute atomic E-state index is 12.4. The van der Waals surface area contributed by atoms with Crippen LogP contribution in [-0.2, 0) is 17.1 Å². The third kappa shape index (κ3) is 2.91. The zero-order valence-corrected chi connectivity index (χ0v) is 13.3. The number of sulfonamides is 1. The van der Waals surface area contributed by atoms with Gasteiger partial charge in [0.15, 0.2) is 10.7 Å². The SMILES string of the molecule is COc1ccc(NS(=O)(=O)c2c(N)nn(C)c2C)cc1Cl. The van der Waals surface area contributed by atoms with Crippen molar-refractivity contribution in [1.82, 2.24) is 9.78 Å². The minimum Gasteiger partial charge on any atom is -0.495 e. The number of halogens is 1. The predicted octanol–water partition coefficient (Wildman–Crippen LogP) is 1.77. The maximum Gasteiger partial charge on any atom is 0.267 e. The normalized spacial score (nSPS) is 11.4. The minimum absolute atomic E-state index is 0.0445. The van der Waals surface area contributed by atoms with Crippen molar-refractivity contribution < 1.29 is 13.2 Å². The van der Waals surface area contributed by atoms with E-state index in [4.69, 9.17) is 22.1 Å². The first kappa shape index (κ1) is 15.5. The number of aromatic nitrogens is 2. The van der Waals surface area contributed by atoms with E-state index in [1.807, 2.05) is 0 Å². The second-order valence-corrected chi connectivity index (χ2v) is 6.40. The van der Waals surface area contributed by atoms with Crippen LogP contribution in [0.5, 0.6) is 5.75 Å². The summed E-state index contributed by atoms with van der Waals surface area (Å²) < 4.78 is 33.6. The van der Waals surface area contributed by atoms with E-state index >= 15 is 0 Å². The Morgan fingerprint density at radius 1 is 1.43 bits per heavy atom. The van der Waals surface area contributed by atoms with E-state index in [1.165, 1.54) is 17.9 Å². The summed E-state index contributed by atoms with van der Waals surface area (Å²) >= 11 is 5.97. The standard InChI is InChI=1S/C12H15ClN4O3S/c1-7-11(12(14)15-17(7)2)21(18,19)16-8-4-5-10(20-3)9(13)6-8/h4-6,16H,1-3H3,(H2,14,15). The molecule has 0 amide bonds. The quantitative estimate of drug-likeness (QED) is 0.890. The van der Waals surface area contributed by atoms with Gasteiger partial charge in [-0.1, -0.05) is 11.6 Å². The highest BCUT2D eigenvalue weighted by molar-refractivity contribution is 7.93. The summed E-state index contributed by atoms with van der Waals surface area (Å²) in [6, 6.07) is 4.57. The molecule has 0 aliphatic carbocycles. The molecule has 21 heavy (non-hydrogen) atoms. The van der Waals surface area contributed by atoms with Gasteiger partial charge in [0, 0.05) is 7.05 Å². The lowest BCUT2D eigenvalue weighted by atomic mass is 10.3. The molecule has 0 fully saturated rings. The first-order chi connectivity index (χ1) is 9.76. The van der Waals surface area contributed by atoms with Gasteiger partial charge >= 0.3 is 0 Å². The van der Waals surface area contributed by atoms with Gasteiger partial charge in [-0.2, -0.15) is 5.10 Å². The van der Waals surface area contributed by atoms with E-state index in [1.54, 1.807) is 26.1 Å². The highest BCUT2D eigenvalue weighted by Crippen LogP contribution is 2.29. The molecule has 0 radical (unpaired) electrons. The summed E-state index contributed by atoms with van der Waals surface area (Å²) in [7, 11) is -0.751. The summed E-state index contributed by atoms with van der Waals surface area (Å²) in [6.45, 7) is 1.62. The van der Waals surface area contributed by atoms with Gasteiger partial charge in [-0.25, -0.2) is 8.42 Å². The summed E-state index contributed by atoms with van der Waals surface area (Å²) in [4.78, 5) is -0.0445. The molecular formula is C12H15ClN4O3S. The third-order valence-electron chi connectivity index (χ3n) is 2.98. The van der Waals surface area contributed by atoms with Crippen LogP contribution in [0, 0.1) is 6.92 Å². The van der Waals surface area contributed by atoms with Gasteiger partial charge in [0.05, 0.1) is 23.5 Å². The highest BCUT2D eigenvalue weighted by atomic mass is 35.5. The molecule has 0 spiro atoms. The molecule has 1 aromatic carbocycles. The largest absolute Gasteiger partial charge is 0.495 e. The fourth-order valence-corrected chi connectivity index (χ4v) is 3.52. The molecule has 0 unspecified atom stereocenters. The number of nitrogens with one attached hydrogen (secondary N) is 1. The number of anilines is 2. The zero-order chi connectivity index (χ0) is 15.8. The van der Waals surface area contributed by atoms with Crippen LogP contribution in [0.2, 0.25) is 5.02 Å². The fraction of sp³-hybridized carbons (Fsp3) is 0.250. The number of nitrogens with two attached hydrogens (primary N) is 1. The topological polar surface area (TPSA) is 99.2 Å².